The number of benzene rings is 2. The molecule has 0 saturated heterocycles. The minimum Gasteiger partial charge on any atom is -0.495 e. The van der Waals surface area contributed by atoms with Gasteiger partial charge >= 0.3 is 0 Å². The molecule has 0 radical (unpaired) electrons. The maximum atomic E-state index is 5.44. The number of methoxy groups -OCH3 is 1. The van der Waals surface area contributed by atoms with Crippen LogP contribution in [-0.2, 0) is 6.54 Å². The molecule has 0 aliphatic heterocycles. The van der Waals surface area contributed by atoms with Crippen molar-refractivity contribution < 1.29 is 4.74 Å². The van der Waals surface area contributed by atoms with Gasteiger partial charge in [0.25, 0.3) is 0 Å². The molecule has 2 nitrogen and oxygen atoms in total. The molecule has 0 aliphatic rings. The number of ether oxygens (including phenoxy) is 1. The van der Waals surface area contributed by atoms with E-state index in [4.69, 9.17) is 4.74 Å². The van der Waals surface area contributed by atoms with Crippen LogP contribution in [0.15, 0.2) is 57.6 Å². The SMILES string of the molecule is CNCc1ccccc1Sc1csc2c(OC)cccc12. The van der Waals surface area contributed by atoms with E-state index in [9.17, 15) is 0 Å². The molecule has 0 fully saturated rings. The van der Waals surface area contributed by atoms with Crippen molar-refractivity contribution in [1.29, 1.82) is 0 Å². The molecular formula is C17H17NOS2. The summed E-state index contributed by atoms with van der Waals surface area (Å²) in [5.41, 5.74) is 1.33. The molecule has 1 aromatic heterocycles. The summed E-state index contributed by atoms with van der Waals surface area (Å²) >= 11 is 3.57. The average Bonchev–Trinajstić information content (AvgIpc) is 2.93. The van der Waals surface area contributed by atoms with Gasteiger partial charge in [-0.2, -0.15) is 0 Å². The number of rotatable bonds is 5. The minimum absolute atomic E-state index is 0.883. The molecule has 0 saturated carbocycles. The van der Waals surface area contributed by atoms with Gasteiger partial charge < -0.3 is 10.1 Å². The van der Waals surface area contributed by atoms with Crippen LogP contribution >= 0.6 is 23.1 Å². The first-order valence-electron chi connectivity index (χ1n) is 6.78. The number of nitrogens with one attached hydrogen (secondary N) is 1. The fourth-order valence-corrected chi connectivity index (χ4v) is 4.57. The lowest BCUT2D eigenvalue weighted by atomic mass is 10.2. The maximum absolute atomic E-state index is 5.44. The van der Waals surface area contributed by atoms with Crippen molar-refractivity contribution in [2.75, 3.05) is 14.2 Å². The number of hydrogen-bond donors (Lipinski definition) is 1. The lowest BCUT2D eigenvalue weighted by molar-refractivity contribution is 0.420. The Hall–Kier alpha value is -1.49. The van der Waals surface area contributed by atoms with E-state index < -0.39 is 0 Å². The van der Waals surface area contributed by atoms with Crippen molar-refractivity contribution >= 4 is 33.2 Å². The molecule has 1 heterocycles. The Balaban J connectivity index is 1.99. The monoisotopic (exact) mass is 315 g/mol. The molecule has 108 valence electrons. The van der Waals surface area contributed by atoms with Gasteiger partial charge in [-0.25, -0.2) is 0 Å². The first-order chi connectivity index (χ1) is 10.3. The van der Waals surface area contributed by atoms with Crippen LogP contribution in [0.4, 0.5) is 0 Å². The quantitative estimate of drug-likeness (QED) is 0.732. The van der Waals surface area contributed by atoms with Gasteiger partial charge in [0.05, 0.1) is 11.8 Å². The molecule has 0 amide bonds. The van der Waals surface area contributed by atoms with Gasteiger partial charge in [0.15, 0.2) is 0 Å². The highest BCUT2D eigenvalue weighted by atomic mass is 32.2. The highest BCUT2D eigenvalue weighted by Gasteiger charge is 2.11. The third kappa shape index (κ3) is 2.93. The summed E-state index contributed by atoms with van der Waals surface area (Å²) in [6.07, 6.45) is 0. The second-order valence-corrected chi connectivity index (χ2v) is 6.64. The molecule has 0 atom stereocenters. The summed E-state index contributed by atoms with van der Waals surface area (Å²) in [6.45, 7) is 0.883. The summed E-state index contributed by atoms with van der Waals surface area (Å²) in [5.74, 6) is 0.952. The first kappa shape index (κ1) is 14.4. The Morgan fingerprint density at radius 2 is 1.95 bits per heavy atom. The molecule has 0 bridgehead atoms. The summed E-state index contributed by atoms with van der Waals surface area (Å²) in [4.78, 5) is 2.59. The van der Waals surface area contributed by atoms with Crippen molar-refractivity contribution in [1.82, 2.24) is 5.32 Å². The zero-order chi connectivity index (χ0) is 14.7. The molecule has 21 heavy (non-hydrogen) atoms. The van der Waals surface area contributed by atoms with Crippen LogP contribution in [-0.4, -0.2) is 14.2 Å². The van der Waals surface area contributed by atoms with Crippen molar-refractivity contribution in [2.45, 2.75) is 16.3 Å². The van der Waals surface area contributed by atoms with E-state index >= 15 is 0 Å². The van der Waals surface area contributed by atoms with Crippen LogP contribution < -0.4 is 10.1 Å². The maximum Gasteiger partial charge on any atom is 0.136 e. The van der Waals surface area contributed by atoms with E-state index in [-0.39, 0.29) is 0 Å². The lowest BCUT2D eigenvalue weighted by Gasteiger charge is -2.08. The summed E-state index contributed by atoms with van der Waals surface area (Å²) in [5, 5.41) is 6.71. The van der Waals surface area contributed by atoms with E-state index in [1.54, 1.807) is 18.4 Å². The molecule has 0 unspecified atom stereocenters. The Kier molecular flexibility index (Phi) is 4.48. The van der Waals surface area contributed by atoms with E-state index in [0.717, 1.165) is 12.3 Å². The standard InChI is InChI=1S/C17H17NOS2/c1-18-10-12-6-3-4-9-15(12)21-16-11-20-17-13(16)7-5-8-14(17)19-2/h3-9,11,18H,10H2,1-2H3. The van der Waals surface area contributed by atoms with Crippen LogP contribution in [0.5, 0.6) is 5.75 Å². The summed E-state index contributed by atoms with van der Waals surface area (Å²) < 4.78 is 6.66. The third-order valence-corrected chi connectivity index (χ3v) is 5.64. The number of hydrogen-bond acceptors (Lipinski definition) is 4. The molecule has 3 aromatic rings. The van der Waals surface area contributed by atoms with Gasteiger partial charge in [0.2, 0.25) is 0 Å². The molecule has 0 spiro atoms. The van der Waals surface area contributed by atoms with Gasteiger partial charge in [-0.3, -0.25) is 0 Å². The smallest absolute Gasteiger partial charge is 0.136 e. The Labute approximate surface area is 133 Å². The number of thiophene rings is 1. The molecule has 2 aromatic carbocycles. The van der Waals surface area contributed by atoms with Crippen molar-refractivity contribution in [3.05, 3.63) is 53.4 Å². The normalized spacial score (nSPS) is 11.0. The van der Waals surface area contributed by atoms with Gasteiger partial charge in [-0.15, -0.1) is 11.3 Å². The fraction of sp³-hybridized carbons (Fsp3) is 0.176. The van der Waals surface area contributed by atoms with Crippen LogP contribution in [0.1, 0.15) is 5.56 Å². The van der Waals surface area contributed by atoms with Crippen LogP contribution in [0.25, 0.3) is 10.1 Å². The third-order valence-electron chi connectivity index (χ3n) is 3.31. The molecule has 1 N–H and O–H groups in total. The highest BCUT2D eigenvalue weighted by Crippen LogP contribution is 2.41. The van der Waals surface area contributed by atoms with Crippen molar-refractivity contribution in [3.8, 4) is 5.75 Å². The van der Waals surface area contributed by atoms with Gasteiger partial charge in [0, 0.05) is 27.1 Å². The number of fused-ring (bicyclic) bond motifs is 1. The summed E-state index contributed by atoms with van der Waals surface area (Å²) in [7, 11) is 3.70. The van der Waals surface area contributed by atoms with Gasteiger partial charge in [-0.05, 0) is 24.7 Å². The van der Waals surface area contributed by atoms with E-state index in [0.29, 0.717) is 0 Å². The van der Waals surface area contributed by atoms with E-state index in [2.05, 4.69) is 47.1 Å². The Morgan fingerprint density at radius 3 is 2.76 bits per heavy atom. The van der Waals surface area contributed by atoms with E-state index in [1.807, 2.05) is 24.9 Å². The largest absolute Gasteiger partial charge is 0.495 e. The second-order valence-electron chi connectivity index (χ2n) is 4.68. The molecular weight excluding hydrogens is 298 g/mol. The highest BCUT2D eigenvalue weighted by molar-refractivity contribution is 7.99. The van der Waals surface area contributed by atoms with Crippen molar-refractivity contribution in [2.24, 2.45) is 0 Å². The second kappa shape index (κ2) is 6.52. The zero-order valence-electron chi connectivity index (χ0n) is 12.1. The predicted molar refractivity (Wildman–Crippen MR) is 91.7 cm³/mol. The van der Waals surface area contributed by atoms with E-state index in [1.165, 1.54) is 25.4 Å². The molecule has 3 rings (SSSR count). The van der Waals surface area contributed by atoms with Crippen LogP contribution in [0.2, 0.25) is 0 Å². The minimum atomic E-state index is 0.883. The Morgan fingerprint density at radius 1 is 1.10 bits per heavy atom. The van der Waals surface area contributed by atoms with Crippen LogP contribution in [0, 0.1) is 0 Å². The van der Waals surface area contributed by atoms with Gasteiger partial charge in [-0.1, -0.05) is 42.1 Å². The summed E-state index contributed by atoms with van der Waals surface area (Å²) in [6, 6.07) is 14.8. The topological polar surface area (TPSA) is 21.3 Å². The predicted octanol–water partition coefficient (Wildman–Crippen LogP) is 4.78. The molecule has 4 heteroatoms. The first-order valence-corrected chi connectivity index (χ1v) is 8.47. The van der Waals surface area contributed by atoms with Crippen LogP contribution in [0.3, 0.4) is 0 Å². The fourth-order valence-electron chi connectivity index (χ4n) is 2.31. The lowest BCUT2D eigenvalue weighted by Crippen LogP contribution is -2.05. The van der Waals surface area contributed by atoms with Crippen molar-refractivity contribution in [3.63, 3.8) is 0 Å². The Bertz CT molecular complexity index is 751. The zero-order valence-corrected chi connectivity index (χ0v) is 13.7. The average molecular weight is 315 g/mol. The van der Waals surface area contributed by atoms with Gasteiger partial charge in [0.1, 0.15) is 5.75 Å². The molecule has 0 aliphatic carbocycles.